The van der Waals surface area contributed by atoms with E-state index < -0.39 is 0 Å². The molecule has 1 fully saturated rings. The van der Waals surface area contributed by atoms with E-state index in [1.54, 1.807) is 23.1 Å². The summed E-state index contributed by atoms with van der Waals surface area (Å²) >= 11 is 0. The first kappa shape index (κ1) is 11.7. The van der Waals surface area contributed by atoms with Crippen LogP contribution in [0.25, 0.3) is 6.08 Å². The van der Waals surface area contributed by atoms with E-state index in [0.717, 1.165) is 31.5 Å². The first-order valence-corrected chi connectivity index (χ1v) is 5.99. The Labute approximate surface area is 102 Å². The maximum absolute atomic E-state index is 11.8. The Morgan fingerprint density at radius 1 is 1.18 bits per heavy atom. The van der Waals surface area contributed by atoms with E-state index in [1.807, 2.05) is 12.1 Å². The Morgan fingerprint density at radius 3 is 2.41 bits per heavy atom. The number of carbonyl (C=O) groups excluding carboxylic acids is 1. The van der Waals surface area contributed by atoms with Crippen molar-refractivity contribution in [2.75, 3.05) is 13.1 Å². The largest absolute Gasteiger partial charge is 0.415 e. The van der Waals surface area contributed by atoms with Crippen molar-refractivity contribution < 1.29 is 9.53 Å². The van der Waals surface area contributed by atoms with Crippen LogP contribution in [0.4, 0.5) is 4.79 Å². The Kier molecular flexibility index (Phi) is 3.81. The van der Waals surface area contributed by atoms with Gasteiger partial charge in [-0.25, -0.2) is 4.79 Å². The van der Waals surface area contributed by atoms with E-state index >= 15 is 0 Å². The van der Waals surface area contributed by atoms with Gasteiger partial charge < -0.3 is 9.64 Å². The number of hydrogen-bond donors (Lipinski definition) is 0. The molecule has 0 saturated carbocycles. The summed E-state index contributed by atoms with van der Waals surface area (Å²) in [6.07, 6.45) is 4.87. The number of nitrogens with zero attached hydrogens (tertiary/aromatic N) is 1. The molecule has 1 amide bonds. The predicted molar refractivity (Wildman–Crippen MR) is 68.0 cm³/mol. The van der Waals surface area contributed by atoms with Crippen LogP contribution >= 0.6 is 0 Å². The normalized spacial score (nSPS) is 15.4. The molecule has 3 nitrogen and oxygen atoms in total. The summed E-state index contributed by atoms with van der Waals surface area (Å²) in [6, 6.07) is 7.34. The van der Waals surface area contributed by atoms with Gasteiger partial charge in [0, 0.05) is 13.1 Å². The highest BCUT2D eigenvalue weighted by Gasteiger charge is 2.17. The van der Waals surface area contributed by atoms with Crippen molar-refractivity contribution in [1.82, 2.24) is 4.90 Å². The van der Waals surface area contributed by atoms with E-state index in [4.69, 9.17) is 4.74 Å². The molecule has 3 heteroatoms. The van der Waals surface area contributed by atoms with Gasteiger partial charge in [-0.3, -0.25) is 0 Å². The number of hydrogen-bond acceptors (Lipinski definition) is 2. The Hall–Kier alpha value is -1.77. The molecular formula is C14H17NO2. The van der Waals surface area contributed by atoms with Crippen LogP contribution < -0.4 is 4.74 Å². The number of likely N-dealkylation sites (tertiary alicyclic amines) is 1. The van der Waals surface area contributed by atoms with Crippen LogP contribution in [0.15, 0.2) is 30.8 Å². The lowest BCUT2D eigenvalue weighted by Crippen LogP contribution is -2.37. The smallest absolute Gasteiger partial charge is 0.410 e. The molecule has 0 spiro atoms. The average Bonchev–Trinajstić information content (AvgIpc) is 2.40. The van der Waals surface area contributed by atoms with Gasteiger partial charge in [-0.2, -0.15) is 0 Å². The fourth-order valence-corrected chi connectivity index (χ4v) is 1.91. The highest BCUT2D eigenvalue weighted by atomic mass is 16.6. The second-order valence-electron chi connectivity index (χ2n) is 4.19. The molecule has 2 rings (SSSR count). The van der Waals surface area contributed by atoms with Crippen LogP contribution in [0.1, 0.15) is 24.8 Å². The molecule has 0 bridgehead atoms. The van der Waals surface area contributed by atoms with E-state index in [1.165, 1.54) is 6.42 Å². The Morgan fingerprint density at radius 2 is 1.82 bits per heavy atom. The van der Waals surface area contributed by atoms with Crippen LogP contribution in [0.5, 0.6) is 5.75 Å². The molecule has 17 heavy (non-hydrogen) atoms. The zero-order valence-corrected chi connectivity index (χ0v) is 9.89. The molecule has 1 aliphatic rings. The van der Waals surface area contributed by atoms with Crippen LogP contribution in [0, 0.1) is 0 Å². The van der Waals surface area contributed by atoms with Crippen molar-refractivity contribution in [3.63, 3.8) is 0 Å². The van der Waals surface area contributed by atoms with E-state index in [2.05, 4.69) is 6.58 Å². The summed E-state index contributed by atoms with van der Waals surface area (Å²) in [7, 11) is 0. The molecule has 1 aromatic rings. The van der Waals surface area contributed by atoms with Crippen molar-refractivity contribution in [3.8, 4) is 5.75 Å². The maximum atomic E-state index is 11.8. The number of benzene rings is 1. The Bertz CT molecular complexity index is 391. The van der Waals surface area contributed by atoms with Gasteiger partial charge >= 0.3 is 6.09 Å². The second-order valence-corrected chi connectivity index (χ2v) is 4.19. The summed E-state index contributed by atoms with van der Waals surface area (Å²) in [5, 5.41) is 0. The molecule has 0 aliphatic carbocycles. The topological polar surface area (TPSA) is 29.5 Å². The van der Waals surface area contributed by atoms with E-state index in [0.29, 0.717) is 5.75 Å². The minimum Gasteiger partial charge on any atom is -0.410 e. The monoisotopic (exact) mass is 231 g/mol. The third-order valence-electron chi connectivity index (χ3n) is 2.94. The van der Waals surface area contributed by atoms with E-state index in [9.17, 15) is 4.79 Å². The third-order valence-corrected chi connectivity index (χ3v) is 2.94. The van der Waals surface area contributed by atoms with Crippen LogP contribution in [0.3, 0.4) is 0 Å². The number of carbonyl (C=O) groups is 1. The van der Waals surface area contributed by atoms with Gasteiger partial charge in [0.2, 0.25) is 0 Å². The van der Waals surface area contributed by atoms with Gasteiger partial charge in [0.1, 0.15) is 5.75 Å². The molecule has 0 unspecified atom stereocenters. The maximum Gasteiger partial charge on any atom is 0.415 e. The van der Waals surface area contributed by atoms with Crippen LogP contribution in [-0.4, -0.2) is 24.1 Å². The van der Waals surface area contributed by atoms with Crippen molar-refractivity contribution in [2.24, 2.45) is 0 Å². The van der Waals surface area contributed by atoms with Crippen LogP contribution in [-0.2, 0) is 0 Å². The van der Waals surface area contributed by atoms with Gasteiger partial charge in [-0.05, 0) is 37.0 Å². The highest BCUT2D eigenvalue weighted by Crippen LogP contribution is 2.16. The fraction of sp³-hybridized carbons (Fsp3) is 0.357. The number of amides is 1. The van der Waals surface area contributed by atoms with Gasteiger partial charge in [-0.1, -0.05) is 24.8 Å². The first-order chi connectivity index (χ1) is 8.29. The quantitative estimate of drug-likeness (QED) is 0.781. The minimum atomic E-state index is -0.240. The number of piperidine rings is 1. The fourth-order valence-electron chi connectivity index (χ4n) is 1.91. The van der Waals surface area contributed by atoms with Crippen molar-refractivity contribution in [2.45, 2.75) is 19.3 Å². The standard InChI is InChI=1S/C14H17NO2/c1-2-12-6-8-13(9-7-12)17-14(16)15-10-4-3-5-11-15/h2,6-9H,1,3-5,10-11H2. The molecule has 1 saturated heterocycles. The molecule has 1 aromatic carbocycles. The predicted octanol–water partition coefficient (Wildman–Crippen LogP) is 3.31. The number of ether oxygens (including phenoxy) is 1. The lowest BCUT2D eigenvalue weighted by Gasteiger charge is -2.25. The summed E-state index contributed by atoms with van der Waals surface area (Å²) in [6.45, 7) is 5.30. The molecule has 90 valence electrons. The summed E-state index contributed by atoms with van der Waals surface area (Å²) in [4.78, 5) is 13.6. The molecular weight excluding hydrogens is 214 g/mol. The molecule has 0 aromatic heterocycles. The van der Waals surface area contributed by atoms with Gasteiger partial charge in [0.15, 0.2) is 0 Å². The molecule has 1 heterocycles. The molecule has 0 radical (unpaired) electrons. The first-order valence-electron chi connectivity index (χ1n) is 5.99. The lowest BCUT2D eigenvalue weighted by molar-refractivity contribution is 0.142. The molecule has 0 atom stereocenters. The summed E-state index contributed by atoms with van der Waals surface area (Å²) < 4.78 is 5.31. The summed E-state index contributed by atoms with van der Waals surface area (Å²) in [5.74, 6) is 0.589. The van der Waals surface area contributed by atoms with Gasteiger partial charge in [-0.15, -0.1) is 0 Å². The molecule has 0 N–H and O–H groups in total. The second kappa shape index (κ2) is 5.53. The van der Waals surface area contributed by atoms with E-state index in [-0.39, 0.29) is 6.09 Å². The zero-order chi connectivity index (χ0) is 12.1. The van der Waals surface area contributed by atoms with Crippen molar-refractivity contribution >= 4 is 12.2 Å². The van der Waals surface area contributed by atoms with Crippen molar-refractivity contribution in [3.05, 3.63) is 36.4 Å². The van der Waals surface area contributed by atoms with Crippen molar-refractivity contribution in [1.29, 1.82) is 0 Å². The summed E-state index contributed by atoms with van der Waals surface area (Å²) in [5.41, 5.74) is 1.02. The zero-order valence-electron chi connectivity index (χ0n) is 9.89. The lowest BCUT2D eigenvalue weighted by atomic mass is 10.1. The molecule has 1 aliphatic heterocycles. The minimum absolute atomic E-state index is 0.240. The third kappa shape index (κ3) is 3.09. The van der Waals surface area contributed by atoms with Gasteiger partial charge in [0.05, 0.1) is 0 Å². The van der Waals surface area contributed by atoms with Gasteiger partial charge in [0.25, 0.3) is 0 Å². The Balaban J connectivity index is 1.94. The van der Waals surface area contributed by atoms with Crippen LogP contribution in [0.2, 0.25) is 0 Å². The number of rotatable bonds is 2. The highest BCUT2D eigenvalue weighted by molar-refractivity contribution is 5.70. The average molecular weight is 231 g/mol. The SMILES string of the molecule is C=Cc1ccc(OC(=O)N2CCCCC2)cc1.